The number of likely N-dealkylation sites (tertiary alicyclic amines) is 2. The lowest BCUT2D eigenvalue weighted by Gasteiger charge is -2.34. The van der Waals surface area contributed by atoms with Crippen LogP contribution in [-0.2, 0) is 0 Å². The van der Waals surface area contributed by atoms with Gasteiger partial charge >= 0.3 is 6.03 Å². The van der Waals surface area contributed by atoms with Crippen molar-refractivity contribution in [2.75, 3.05) is 39.3 Å². The number of aliphatic hydroxyl groups excluding tert-OH is 1. The molecule has 0 spiro atoms. The van der Waals surface area contributed by atoms with Crippen molar-refractivity contribution in [3.8, 4) is 0 Å². The summed E-state index contributed by atoms with van der Waals surface area (Å²) in [5.74, 6) is 0. The fourth-order valence-electron chi connectivity index (χ4n) is 3.57. The molecule has 2 aliphatic rings. The third-order valence-corrected chi connectivity index (χ3v) is 4.81. The maximum Gasteiger partial charge on any atom is 0.320 e. The Kier molecular flexibility index (Phi) is 5.66. The van der Waals surface area contributed by atoms with Crippen LogP contribution < -0.4 is 0 Å². The highest BCUT2D eigenvalue weighted by atomic mass is 16.3. The van der Waals surface area contributed by atoms with Gasteiger partial charge < -0.3 is 14.9 Å². The van der Waals surface area contributed by atoms with E-state index in [1.807, 2.05) is 18.7 Å². The zero-order valence-corrected chi connectivity index (χ0v) is 12.9. The van der Waals surface area contributed by atoms with Gasteiger partial charge in [0, 0.05) is 38.3 Å². The van der Waals surface area contributed by atoms with Crippen LogP contribution in [0.5, 0.6) is 0 Å². The van der Waals surface area contributed by atoms with Crippen molar-refractivity contribution in [2.45, 2.75) is 51.6 Å². The zero-order valence-electron chi connectivity index (χ0n) is 12.9. The topological polar surface area (TPSA) is 47.0 Å². The molecule has 0 aromatic rings. The van der Waals surface area contributed by atoms with Crippen LogP contribution in [0.3, 0.4) is 0 Å². The molecule has 2 atom stereocenters. The van der Waals surface area contributed by atoms with E-state index in [1.165, 1.54) is 6.42 Å². The van der Waals surface area contributed by atoms with Crippen LogP contribution in [0.1, 0.15) is 39.5 Å². The summed E-state index contributed by atoms with van der Waals surface area (Å²) in [5.41, 5.74) is 0. The lowest BCUT2D eigenvalue weighted by molar-refractivity contribution is 0.114. The Morgan fingerprint density at radius 1 is 1.15 bits per heavy atom. The molecule has 1 N–H and O–H groups in total. The Balaban J connectivity index is 1.95. The SMILES string of the molecule is CCN(CC)C(=O)N1CCC[C@H]1CN1CCC[C@H]1CO. The van der Waals surface area contributed by atoms with Gasteiger partial charge in [-0.25, -0.2) is 4.79 Å². The minimum absolute atomic E-state index is 0.192. The molecule has 0 radical (unpaired) electrons. The first-order valence-corrected chi connectivity index (χ1v) is 8.11. The Labute approximate surface area is 122 Å². The third kappa shape index (κ3) is 3.26. The summed E-state index contributed by atoms with van der Waals surface area (Å²) in [6.07, 6.45) is 4.46. The van der Waals surface area contributed by atoms with E-state index in [-0.39, 0.29) is 12.6 Å². The van der Waals surface area contributed by atoms with Crippen LogP contribution in [-0.4, -0.2) is 77.3 Å². The molecule has 2 heterocycles. The van der Waals surface area contributed by atoms with Crippen molar-refractivity contribution < 1.29 is 9.90 Å². The standard InChI is InChI=1S/C15H29N3O2/c1-3-16(4-2)15(20)18-10-6-7-13(18)11-17-9-5-8-14(17)12-19/h13-14,19H,3-12H2,1-2H3/t13-,14-/m0/s1. The number of nitrogens with zero attached hydrogens (tertiary/aromatic N) is 3. The molecule has 2 aliphatic heterocycles. The fourth-order valence-corrected chi connectivity index (χ4v) is 3.57. The Hall–Kier alpha value is -0.810. The normalized spacial score (nSPS) is 27.2. The fraction of sp³-hybridized carbons (Fsp3) is 0.933. The second kappa shape index (κ2) is 7.27. The van der Waals surface area contributed by atoms with E-state index in [4.69, 9.17) is 0 Å². The first-order chi connectivity index (χ1) is 9.71. The molecule has 5 heteroatoms. The van der Waals surface area contributed by atoms with Crippen LogP contribution in [0.4, 0.5) is 4.79 Å². The average molecular weight is 283 g/mol. The second-order valence-electron chi connectivity index (χ2n) is 5.92. The van der Waals surface area contributed by atoms with Gasteiger partial charge in [0.05, 0.1) is 6.61 Å². The minimum Gasteiger partial charge on any atom is -0.395 e. The highest BCUT2D eigenvalue weighted by Gasteiger charge is 2.34. The van der Waals surface area contributed by atoms with Crippen LogP contribution in [0.25, 0.3) is 0 Å². The first-order valence-electron chi connectivity index (χ1n) is 8.11. The molecule has 2 saturated heterocycles. The third-order valence-electron chi connectivity index (χ3n) is 4.81. The molecule has 0 unspecified atom stereocenters. The van der Waals surface area contributed by atoms with Crippen LogP contribution in [0, 0.1) is 0 Å². The minimum atomic E-state index is 0.192. The van der Waals surface area contributed by atoms with Gasteiger partial charge in [0.2, 0.25) is 0 Å². The number of carbonyl (C=O) groups is 1. The van der Waals surface area contributed by atoms with Gasteiger partial charge in [-0.3, -0.25) is 4.90 Å². The summed E-state index contributed by atoms with van der Waals surface area (Å²) in [6.45, 7) is 8.76. The summed E-state index contributed by atoms with van der Waals surface area (Å²) >= 11 is 0. The van der Waals surface area contributed by atoms with Gasteiger partial charge in [0.1, 0.15) is 0 Å². The summed E-state index contributed by atoms with van der Waals surface area (Å²) in [7, 11) is 0. The van der Waals surface area contributed by atoms with Crippen molar-refractivity contribution in [3.05, 3.63) is 0 Å². The monoisotopic (exact) mass is 283 g/mol. The molecule has 0 aromatic carbocycles. The molecule has 0 bridgehead atoms. The van der Waals surface area contributed by atoms with Crippen molar-refractivity contribution in [2.24, 2.45) is 0 Å². The highest BCUT2D eigenvalue weighted by Crippen LogP contribution is 2.24. The summed E-state index contributed by atoms with van der Waals surface area (Å²) < 4.78 is 0. The summed E-state index contributed by atoms with van der Waals surface area (Å²) in [5, 5.41) is 9.42. The van der Waals surface area contributed by atoms with Gasteiger partial charge in [-0.15, -0.1) is 0 Å². The smallest absolute Gasteiger partial charge is 0.320 e. The molecule has 0 saturated carbocycles. The Bertz CT molecular complexity index is 320. The molecule has 116 valence electrons. The zero-order chi connectivity index (χ0) is 14.5. The van der Waals surface area contributed by atoms with Crippen molar-refractivity contribution in [3.63, 3.8) is 0 Å². The number of hydrogen-bond donors (Lipinski definition) is 1. The number of aliphatic hydroxyl groups is 1. The van der Waals surface area contributed by atoms with Gasteiger partial charge in [-0.1, -0.05) is 0 Å². The quantitative estimate of drug-likeness (QED) is 0.829. The molecule has 0 aromatic heterocycles. The predicted octanol–water partition coefficient (Wildman–Crippen LogP) is 1.37. The van der Waals surface area contributed by atoms with Gasteiger partial charge in [-0.2, -0.15) is 0 Å². The van der Waals surface area contributed by atoms with E-state index in [1.54, 1.807) is 0 Å². The van der Waals surface area contributed by atoms with Crippen LogP contribution in [0.2, 0.25) is 0 Å². The molecule has 20 heavy (non-hydrogen) atoms. The largest absolute Gasteiger partial charge is 0.395 e. The van der Waals surface area contributed by atoms with Crippen molar-refractivity contribution in [1.82, 2.24) is 14.7 Å². The van der Waals surface area contributed by atoms with E-state index >= 15 is 0 Å². The van der Waals surface area contributed by atoms with E-state index in [0.29, 0.717) is 12.1 Å². The number of hydrogen-bond acceptors (Lipinski definition) is 3. The van der Waals surface area contributed by atoms with E-state index in [2.05, 4.69) is 9.80 Å². The van der Waals surface area contributed by atoms with E-state index in [0.717, 1.165) is 52.0 Å². The van der Waals surface area contributed by atoms with Gasteiger partial charge in [0.15, 0.2) is 0 Å². The van der Waals surface area contributed by atoms with E-state index < -0.39 is 0 Å². The maximum atomic E-state index is 12.5. The Morgan fingerprint density at radius 3 is 2.45 bits per heavy atom. The maximum absolute atomic E-state index is 12.5. The first kappa shape index (κ1) is 15.6. The van der Waals surface area contributed by atoms with Crippen LogP contribution in [0.15, 0.2) is 0 Å². The number of urea groups is 1. The van der Waals surface area contributed by atoms with Crippen molar-refractivity contribution >= 4 is 6.03 Å². The van der Waals surface area contributed by atoms with E-state index in [9.17, 15) is 9.90 Å². The van der Waals surface area contributed by atoms with Gasteiger partial charge in [0.25, 0.3) is 0 Å². The summed E-state index contributed by atoms with van der Waals surface area (Å²) in [6, 6.07) is 0.827. The number of carbonyl (C=O) groups excluding carboxylic acids is 1. The molecule has 2 amide bonds. The molecule has 0 aliphatic carbocycles. The molecular formula is C15H29N3O2. The predicted molar refractivity (Wildman–Crippen MR) is 79.7 cm³/mol. The molecule has 2 rings (SSSR count). The van der Waals surface area contributed by atoms with Crippen molar-refractivity contribution in [1.29, 1.82) is 0 Å². The molecular weight excluding hydrogens is 254 g/mol. The number of rotatable bonds is 5. The second-order valence-corrected chi connectivity index (χ2v) is 5.92. The van der Waals surface area contributed by atoms with Crippen LogP contribution >= 0.6 is 0 Å². The number of amides is 2. The average Bonchev–Trinajstić information content (AvgIpc) is 3.09. The summed E-state index contributed by atoms with van der Waals surface area (Å²) in [4.78, 5) is 18.9. The molecule has 5 nitrogen and oxygen atoms in total. The van der Waals surface area contributed by atoms with Gasteiger partial charge in [-0.05, 0) is 46.1 Å². The lowest BCUT2D eigenvalue weighted by Crippen LogP contribution is -2.50. The lowest BCUT2D eigenvalue weighted by atomic mass is 10.2. The highest BCUT2D eigenvalue weighted by molar-refractivity contribution is 5.75. The molecule has 2 fully saturated rings. The Morgan fingerprint density at radius 2 is 1.80 bits per heavy atom.